The smallest absolute Gasteiger partial charge is 0.239 e. The van der Waals surface area contributed by atoms with Crippen molar-refractivity contribution >= 4 is 23.6 Å². The Bertz CT molecular complexity index is 239. The van der Waals surface area contributed by atoms with Crippen molar-refractivity contribution in [3.05, 3.63) is 0 Å². The maximum absolute atomic E-state index is 11.6. The van der Waals surface area contributed by atoms with Crippen molar-refractivity contribution in [1.29, 1.82) is 0 Å². The Morgan fingerprint density at radius 2 is 1.87 bits per heavy atom. The van der Waals surface area contributed by atoms with Crippen molar-refractivity contribution in [2.24, 2.45) is 5.92 Å². The molecule has 4 nitrogen and oxygen atoms in total. The number of rotatable bonds is 4. The molecule has 1 heterocycles. The van der Waals surface area contributed by atoms with Crippen LogP contribution in [-0.4, -0.2) is 46.0 Å². The molecule has 0 aromatic carbocycles. The van der Waals surface area contributed by atoms with E-state index in [1.165, 1.54) is 16.7 Å². The van der Waals surface area contributed by atoms with Gasteiger partial charge in [-0.3, -0.25) is 14.5 Å². The molecule has 1 aliphatic heterocycles. The summed E-state index contributed by atoms with van der Waals surface area (Å²) in [4.78, 5) is 24.4. The molecular weight excluding hydrogens is 214 g/mol. The van der Waals surface area contributed by atoms with Gasteiger partial charge in [-0.1, -0.05) is 13.8 Å². The number of hydrogen-bond donors (Lipinski definition) is 1. The van der Waals surface area contributed by atoms with Crippen molar-refractivity contribution in [2.75, 3.05) is 18.1 Å². The Balaban J connectivity index is 2.71. The molecule has 0 aromatic heterocycles. The van der Waals surface area contributed by atoms with Crippen LogP contribution in [0, 0.1) is 5.92 Å². The molecule has 1 saturated heterocycles. The van der Waals surface area contributed by atoms with E-state index in [1.54, 1.807) is 0 Å². The quantitative estimate of drug-likeness (QED) is 0.716. The molecule has 1 fully saturated rings. The largest absolute Gasteiger partial charge is 0.394 e. The van der Waals surface area contributed by atoms with Crippen molar-refractivity contribution in [3.8, 4) is 0 Å². The Hall–Kier alpha value is -0.550. The third-order valence-electron chi connectivity index (χ3n) is 2.31. The van der Waals surface area contributed by atoms with Gasteiger partial charge in [-0.15, -0.1) is 11.8 Å². The highest BCUT2D eigenvalue weighted by atomic mass is 32.2. The Labute approximate surface area is 94.0 Å². The number of aliphatic hydroxyl groups is 1. The molecule has 15 heavy (non-hydrogen) atoms. The van der Waals surface area contributed by atoms with Crippen LogP contribution >= 0.6 is 11.8 Å². The zero-order chi connectivity index (χ0) is 11.4. The number of nitrogens with zero attached hydrogens (tertiary/aromatic N) is 1. The van der Waals surface area contributed by atoms with Gasteiger partial charge in [0, 0.05) is 0 Å². The maximum atomic E-state index is 11.6. The summed E-state index contributed by atoms with van der Waals surface area (Å²) >= 11 is 1.34. The van der Waals surface area contributed by atoms with Crippen LogP contribution in [0.25, 0.3) is 0 Å². The van der Waals surface area contributed by atoms with Crippen molar-refractivity contribution in [1.82, 2.24) is 4.90 Å². The first kappa shape index (κ1) is 12.5. The molecule has 0 bridgehead atoms. The van der Waals surface area contributed by atoms with E-state index in [4.69, 9.17) is 0 Å². The number of imide groups is 1. The maximum Gasteiger partial charge on any atom is 0.239 e. The van der Waals surface area contributed by atoms with Gasteiger partial charge in [0.15, 0.2) is 0 Å². The summed E-state index contributed by atoms with van der Waals surface area (Å²) < 4.78 is 0. The van der Waals surface area contributed by atoms with Crippen molar-refractivity contribution in [3.63, 3.8) is 0 Å². The lowest BCUT2D eigenvalue weighted by molar-refractivity contribution is -0.146. The molecule has 0 spiro atoms. The average Bonchev–Trinajstić information content (AvgIpc) is 2.15. The fourth-order valence-electron chi connectivity index (χ4n) is 1.72. The van der Waals surface area contributed by atoms with Crippen LogP contribution in [0.4, 0.5) is 0 Å². The number of carbonyl (C=O) groups is 2. The van der Waals surface area contributed by atoms with Crippen LogP contribution in [0.3, 0.4) is 0 Å². The first-order chi connectivity index (χ1) is 7.06. The highest BCUT2D eigenvalue weighted by Gasteiger charge is 2.32. The average molecular weight is 231 g/mol. The lowest BCUT2D eigenvalue weighted by atomic mass is 10.0. The first-order valence-corrected chi connectivity index (χ1v) is 6.25. The summed E-state index contributed by atoms with van der Waals surface area (Å²) in [6.07, 6.45) is 0.665. The van der Waals surface area contributed by atoms with Crippen LogP contribution in [0.5, 0.6) is 0 Å². The SMILES string of the molecule is CC(C)CC(CO)N1C(=O)CSCC1=O. The van der Waals surface area contributed by atoms with Crippen molar-refractivity contribution < 1.29 is 14.7 Å². The molecule has 0 aliphatic carbocycles. The third-order valence-corrected chi connectivity index (χ3v) is 3.21. The lowest BCUT2D eigenvalue weighted by Gasteiger charge is -2.32. The number of carbonyl (C=O) groups excluding carboxylic acids is 2. The van der Waals surface area contributed by atoms with Crippen molar-refractivity contribution in [2.45, 2.75) is 26.3 Å². The number of amides is 2. The minimum absolute atomic E-state index is 0.139. The van der Waals surface area contributed by atoms with E-state index in [0.717, 1.165) is 0 Å². The van der Waals surface area contributed by atoms with E-state index in [0.29, 0.717) is 23.8 Å². The zero-order valence-corrected chi connectivity index (χ0v) is 9.92. The summed E-state index contributed by atoms with van der Waals surface area (Å²) in [5, 5.41) is 9.21. The lowest BCUT2D eigenvalue weighted by Crippen LogP contribution is -2.51. The highest BCUT2D eigenvalue weighted by molar-refractivity contribution is 8.00. The fraction of sp³-hybridized carbons (Fsp3) is 0.800. The van der Waals surface area contributed by atoms with Gasteiger partial charge < -0.3 is 5.11 Å². The van der Waals surface area contributed by atoms with Crippen LogP contribution in [0.2, 0.25) is 0 Å². The van der Waals surface area contributed by atoms with Gasteiger partial charge in [-0.05, 0) is 12.3 Å². The van der Waals surface area contributed by atoms with Gasteiger partial charge >= 0.3 is 0 Å². The van der Waals surface area contributed by atoms with E-state index in [1.807, 2.05) is 13.8 Å². The molecule has 0 saturated carbocycles. The molecule has 0 aromatic rings. The topological polar surface area (TPSA) is 57.6 Å². The standard InChI is InChI=1S/C10H17NO3S/c1-7(2)3-8(4-12)11-9(13)5-15-6-10(11)14/h7-8,12H,3-6H2,1-2H3. The number of aliphatic hydroxyl groups excluding tert-OH is 1. The summed E-state index contributed by atoms with van der Waals surface area (Å²) in [6.45, 7) is 3.88. The van der Waals surface area contributed by atoms with E-state index < -0.39 is 0 Å². The molecule has 86 valence electrons. The number of thioether (sulfide) groups is 1. The molecule has 1 N–H and O–H groups in total. The summed E-state index contributed by atoms with van der Waals surface area (Å²) in [5.74, 6) is 0.713. The minimum atomic E-state index is -0.342. The number of hydrogen-bond acceptors (Lipinski definition) is 4. The third kappa shape index (κ3) is 3.21. The molecule has 1 atom stereocenters. The normalized spacial score (nSPS) is 19.9. The molecule has 1 rings (SSSR count). The second kappa shape index (κ2) is 5.51. The van der Waals surface area contributed by atoms with Gasteiger partial charge in [-0.2, -0.15) is 0 Å². The van der Waals surface area contributed by atoms with Gasteiger partial charge in [0.05, 0.1) is 24.2 Å². The van der Waals surface area contributed by atoms with Gasteiger partial charge in [-0.25, -0.2) is 0 Å². The Morgan fingerprint density at radius 3 is 2.27 bits per heavy atom. The van der Waals surface area contributed by atoms with Gasteiger partial charge in [0.1, 0.15) is 0 Å². The zero-order valence-electron chi connectivity index (χ0n) is 9.10. The van der Waals surface area contributed by atoms with Crippen LogP contribution < -0.4 is 0 Å². The van der Waals surface area contributed by atoms with E-state index in [-0.39, 0.29) is 24.5 Å². The second-order valence-corrected chi connectivity index (χ2v) is 5.10. The summed E-state index contributed by atoms with van der Waals surface area (Å²) in [7, 11) is 0. The van der Waals surface area contributed by atoms with E-state index >= 15 is 0 Å². The predicted octanol–water partition coefficient (Wildman–Crippen LogP) is 0.495. The Kier molecular flexibility index (Phi) is 4.60. The van der Waals surface area contributed by atoms with Gasteiger partial charge in [0.2, 0.25) is 11.8 Å². The van der Waals surface area contributed by atoms with E-state index in [9.17, 15) is 14.7 Å². The highest BCUT2D eigenvalue weighted by Crippen LogP contribution is 2.19. The summed E-state index contributed by atoms with van der Waals surface area (Å²) in [6, 6.07) is -0.342. The predicted molar refractivity (Wildman–Crippen MR) is 59.5 cm³/mol. The minimum Gasteiger partial charge on any atom is -0.394 e. The molecule has 5 heteroatoms. The molecule has 1 unspecified atom stereocenters. The molecule has 1 aliphatic rings. The van der Waals surface area contributed by atoms with Crippen LogP contribution in [0.1, 0.15) is 20.3 Å². The molecular formula is C10H17NO3S. The summed E-state index contributed by atoms with van der Waals surface area (Å²) in [5.41, 5.74) is 0. The molecule has 2 amide bonds. The van der Waals surface area contributed by atoms with Crippen LogP contribution in [0.15, 0.2) is 0 Å². The molecule has 0 radical (unpaired) electrons. The Morgan fingerprint density at radius 1 is 1.33 bits per heavy atom. The fourth-order valence-corrected chi connectivity index (χ4v) is 2.45. The monoisotopic (exact) mass is 231 g/mol. The first-order valence-electron chi connectivity index (χ1n) is 5.09. The van der Waals surface area contributed by atoms with Crippen LogP contribution in [-0.2, 0) is 9.59 Å². The van der Waals surface area contributed by atoms with E-state index in [2.05, 4.69) is 0 Å². The second-order valence-electron chi connectivity index (χ2n) is 4.12. The van der Waals surface area contributed by atoms with Gasteiger partial charge in [0.25, 0.3) is 0 Å².